The topological polar surface area (TPSA) is 75.7 Å². The Morgan fingerprint density at radius 2 is 2.11 bits per heavy atom. The molecular formula is C20H20N4O3. The molecule has 138 valence electrons. The molecule has 7 heteroatoms. The van der Waals surface area contributed by atoms with E-state index in [4.69, 9.17) is 9.47 Å². The monoisotopic (exact) mass is 364 g/mol. The van der Waals surface area contributed by atoms with Crippen LogP contribution in [0.1, 0.15) is 29.7 Å². The lowest BCUT2D eigenvalue weighted by Crippen LogP contribution is -2.52. The normalized spacial score (nSPS) is 25.9. The summed E-state index contributed by atoms with van der Waals surface area (Å²) in [6.45, 7) is 4.27. The van der Waals surface area contributed by atoms with Crippen LogP contribution in [0.2, 0.25) is 0 Å². The minimum atomic E-state index is -0.216. The van der Waals surface area contributed by atoms with Crippen LogP contribution in [0, 0.1) is 6.92 Å². The average Bonchev–Trinajstić information content (AvgIpc) is 3.27. The van der Waals surface area contributed by atoms with E-state index in [1.807, 2.05) is 37.3 Å². The second kappa shape index (κ2) is 5.99. The Kier molecular flexibility index (Phi) is 3.58. The summed E-state index contributed by atoms with van der Waals surface area (Å²) >= 11 is 0. The number of carbonyl (C=O) groups is 1. The Hall–Kier alpha value is -3.06. The van der Waals surface area contributed by atoms with Gasteiger partial charge in [0.1, 0.15) is 6.17 Å². The molecule has 0 bridgehead atoms. The van der Waals surface area contributed by atoms with Gasteiger partial charge in [-0.2, -0.15) is 0 Å². The van der Waals surface area contributed by atoms with E-state index in [1.54, 1.807) is 17.3 Å². The lowest BCUT2D eigenvalue weighted by atomic mass is 9.93. The standard InChI is InChI=1S/C20H20N4O3/c1-11-13(6-7-16-19(11)27-10-26-16)15-9-17(25)24-20(22-15)18(12(2)23-24)14-5-3-4-8-21-14/h3-9,12,18,20,22-23H,10H2,1-2H3. The van der Waals surface area contributed by atoms with Crippen LogP contribution in [0.15, 0.2) is 42.6 Å². The summed E-state index contributed by atoms with van der Waals surface area (Å²) in [6.07, 6.45) is 3.20. The molecular weight excluding hydrogens is 344 g/mol. The smallest absolute Gasteiger partial charge is 0.264 e. The molecule has 27 heavy (non-hydrogen) atoms. The van der Waals surface area contributed by atoms with Crippen molar-refractivity contribution in [1.82, 2.24) is 20.7 Å². The molecule has 3 aliphatic rings. The van der Waals surface area contributed by atoms with Crippen LogP contribution in [-0.2, 0) is 4.79 Å². The highest BCUT2D eigenvalue weighted by molar-refractivity contribution is 5.97. The van der Waals surface area contributed by atoms with Gasteiger partial charge in [0.05, 0.1) is 5.92 Å². The van der Waals surface area contributed by atoms with Crippen molar-refractivity contribution in [3.63, 3.8) is 0 Å². The number of nitrogens with zero attached hydrogens (tertiary/aromatic N) is 2. The van der Waals surface area contributed by atoms with Gasteiger partial charge < -0.3 is 14.8 Å². The number of amides is 1. The molecule has 0 saturated carbocycles. The highest BCUT2D eigenvalue weighted by Gasteiger charge is 2.45. The van der Waals surface area contributed by atoms with Gasteiger partial charge in [0.25, 0.3) is 5.91 Å². The number of benzene rings is 1. The zero-order valence-electron chi connectivity index (χ0n) is 15.1. The third-order valence-electron chi connectivity index (χ3n) is 5.42. The molecule has 3 aliphatic heterocycles. The lowest BCUT2D eigenvalue weighted by molar-refractivity contribution is -0.130. The van der Waals surface area contributed by atoms with Crippen molar-refractivity contribution in [2.75, 3.05) is 6.79 Å². The van der Waals surface area contributed by atoms with Gasteiger partial charge in [-0.1, -0.05) is 6.07 Å². The maximum Gasteiger partial charge on any atom is 0.264 e. The molecule has 1 fully saturated rings. The van der Waals surface area contributed by atoms with E-state index in [9.17, 15) is 4.79 Å². The molecule has 1 amide bonds. The fraction of sp³-hybridized carbons (Fsp3) is 0.300. The zero-order chi connectivity index (χ0) is 18.5. The maximum atomic E-state index is 12.8. The van der Waals surface area contributed by atoms with Crippen molar-refractivity contribution in [1.29, 1.82) is 0 Å². The third kappa shape index (κ3) is 2.46. The summed E-state index contributed by atoms with van der Waals surface area (Å²) in [5.41, 5.74) is 6.91. The van der Waals surface area contributed by atoms with E-state index in [2.05, 4.69) is 22.7 Å². The highest BCUT2D eigenvalue weighted by atomic mass is 16.7. The Morgan fingerprint density at radius 3 is 2.93 bits per heavy atom. The number of hydrogen-bond donors (Lipinski definition) is 2. The molecule has 3 unspecified atom stereocenters. The first-order valence-corrected chi connectivity index (χ1v) is 9.01. The van der Waals surface area contributed by atoms with Crippen LogP contribution in [0.4, 0.5) is 0 Å². The molecule has 3 atom stereocenters. The highest BCUT2D eigenvalue weighted by Crippen LogP contribution is 2.40. The van der Waals surface area contributed by atoms with Gasteiger partial charge in [-0.15, -0.1) is 0 Å². The lowest BCUT2D eigenvalue weighted by Gasteiger charge is -2.33. The Balaban J connectivity index is 1.53. The second-order valence-corrected chi connectivity index (χ2v) is 7.03. The number of rotatable bonds is 2. The minimum absolute atomic E-state index is 0.0353. The van der Waals surface area contributed by atoms with E-state index < -0.39 is 0 Å². The maximum absolute atomic E-state index is 12.8. The van der Waals surface area contributed by atoms with E-state index in [0.29, 0.717) is 0 Å². The molecule has 1 aromatic heterocycles. The summed E-state index contributed by atoms with van der Waals surface area (Å²) in [5, 5.41) is 5.20. The average molecular weight is 364 g/mol. The van der Waals surface area contributed by atoms with Gasteiger partial charge in [0.2, 0.25) is 6.79 Å². The summed E-state index contributed by atoms with van der Waals surface area (Å²) in [4.78, 5) is 17.3. The predicted octanol–water partition coefficient (Wildman–Crippen LogP) is 1.91. The number of pyridine rings is 1. The minimum Gasteiger partial charge on any atom is -0.454 e. The molecule has 0 aliphatic carbocycles. The quantitative estimate of drug-likeness (QED) is 0.848. The van der Waals surface area contributed by atoms with Gasteiger partial charge in [-0.3, -0.25) is 14.8 Å². The largest absolute Gasteiger partial charge is 0.454 e. The number of fused-ring (bicyclic) bond motifs is 2. The third-order valence-corrected chi connectivity index (χ3v) is 5.42. The molecule has 1 aromatic carbocycles. The molecule has 2 N–H and O–H groups in total. The number of aromatic nitrogens is 1. The molecule has 1 saturated heterocycles. The van der Waals surface area contributed by atoms with Crippen molar-refractivity contribution in [3.8, 4) is 11.5 Å². The van der Waals surface area contributed by atoms with Crippen LogP contribution < -0.4 is 20.2 Å². The fourth-order valence-corrected chi connectivity index (χ4v) is 4.11. The van der Waals surface area contributed by atoms with Gasteiger partial charge in [0.15, 0.2) is 11.5 Å². The van der Waals surface area contributed by atoms with E-state index >= 15 is 0 Å². The Morgan fingerprint density at radius 1 is 1.22 bits per heavy atom. The van der Waals surface area contributed by atoms with E-state index in [1.165, 1.54) is 0 Å². The molecule has 5 rings (SSSR count). The van der Waals surface area contributed by atoms with Crippen molar-refractivity contribution in [3.05, 3.63) is 59.4 Å². The molecule has 7 nitrogen and oxygen atoms in total. The van der Waals surface area contributed by atoms with E-state index in [-0.39, 0.29) is 30.8 Å². The molecule has 2 aromatic rings. The first kappa shape index (κ1) is 16.1. The SMILES string of the molecule is Cc1c(C2=CC(=O)N3NC(C)C(c4ccccn4)C3N2)ccc2c1OCO2. The van der Waals surface area contributed by atoms with Gasteiger partial charge in [-0.05, 0) is 38.1 Å². The summed E-state index contributed by atoms with van der Waals surface area (Å²) < 4.78 is 11.0. The molecule has 0 spiro atoms. The number of hydrogen-bond acceptors (Lipinski definition) is 6. The van der Waals surface area contributed by atoms with Crippen LogP contribution in [0.5, 0.6) is 11.5 Å². The van der Waals surface area contributed by atoms with Gasteiger partial charge >= 0.3 is 0 Å². The Labute approximate surface area is 157 Å². The van der Waals surface area contributed by atoms with Crippen molar-refractivity contribution >= 4 is 11.6 Å². The molecule has 0 radical (unpaired) electrons. The second-order valence-electron chi connectivity index (χ2n) is 7.03. The van der Waals surface area contributed by atoms with Crippen LogP contribution in [0.25, 0.3) is 5.70 Å². The van der Waals surface area contributed by atoms with Crippen molar-refractivity contribution in [2.45, 2.75) is 32.0 Å². The first-order chi connectivity index (χ1) is 13.1. The van der Waals surface area contributed by atoms with Crippen LogP contribution in [-0.4, -0.2) is 34.9 Å². The summed E-state index contributed by atoms with van der Waals surface area (Å²) in [6, 6.07) is 9.80. The predicted molar refractivity (Wildman–Crippen MR) is 98.6 cm³/mol. The first-order valence-electron chi connectivity index (χ1n) is 9.01. The molecule has 4 heterocycles. The van der Waals surface area contributed by atoms with Crippen LogP contribution >= 0.6 is 0 Å². The van der Waals surface area contributed by atoms with Crippen molar-refractivity contribution in [2.24, 2.45) is 0 Å². The van der Waals surface area contributed by atoms with Crippen LogP contribution in [0.3, 0.4) is 0 Å². The summed E-state index contributed by atoms with van der Waals surface area (Å²) in [5.74, 6) is 1.44. The number of nitrogens with one attached hydrogen (secondary N) is 2. The van der Waals surface area contributed by atoms with Gasteiger partial charge in [-0.25, -0.2) is 5.43 Å². The van der Waals surface area contributed by atoms with Crippen molar-refractivity contribution < 1.29 is 14.3 Å². The number of ether oxygens (including phenoxy) is 2. The number of hydrazine groups is 1. The van der Waals surface area contributed by atoms with E-state index in [0.717, 1.165) is 34.0 Å². The summed E-state index contributed by atoms with van der Waals surface area (Å²) in [7, 11) is 0. The Bertz CT molecular complexity index is 944. The number of carbonyl (C=O) groups excluding carboxylic acids is 1. The van der Waals surface area contributed by atoms with Gasteiger partial charge in [0, 0.05) is 40.8 Å². The fourth-order valence-electron chi connectivity index (χ4n) is 4.11. The zero-order valence-corrected chi connectivity index (χ0v) is 15.1.